The third-order valence-electron chi connectivity index (χ3n) is 3.55. The fourth-order valence-corrected chi connectivity index (χ4v) is 3.89. The lowest BCUT2D eigenvalue weighted by atomic mass is 9.91. The van der Waals surface area contributed by atoms with E-state index in [4.69, 9.17) is 5.84 Å². The van der Waals surface area contributed by atoms with E-state index < -0.39 is 11.6 Å². The highest BCUT2D eigenvalue weighted by molar-refractivity contribution is 8.00. The van der Waals surface area contributed by atoms with Crippen molar-refractivity contribution in [1.29, 1.82) is 0 Å². The van der Waals surface area contributed by atoms with Crippen molar-refractivity contribution in [3.05, 3.63) is 35.4 Å². The van der Waals surface area contributed by atoms with Gasteiger partial charge in [-0.15, -0.1) is 0 Å². The summed E-state index contributed by atoms with van der Waals surface area (Å²) in [6.45, 7) is 2.16. The zero-order valence-corrected chi connectivity index (χ0v) is 11.2. The summed E-state index contributed by atoms with van der Waals surface area (Å²) in [5.41, 5.74) is 3.45. The highest BCUT2D eigenvalue weighted by Gasteiger charge is 2.37. The van der Waals surface area contributed by atoms with Crippen LogP contribution in [0.3, 0.4) is 0 Å². The van der Waals surface area contributed by atoms with Crippen LogP contribution < -0.4 is 11.3 Å². The molecule has 5 heteroatoms. The van der Waals surface area contributed by atoms with Crippen molar-refractivity contribution in [2.24, 2.45) is 5.84 Å². The molecule has 0 radical (unpaired) electrons. The molecule has 100 valence electrons. The van der Waals surface area contributed by atoms with Gasteiger partial charge in [-0.2, -0.15) is 11.8 Å². The molecule has 0 saturated carbocycles. The zero-order chi connectivity index (χ0) is 13.2. The molecule has 18 heavy (non-hydrogen) atoms. The Morgan fingerprint density at radius 3 is 2.56 bits per heavy atom. The highest BCUT2D eigenvalue weighted by Crippen LogP contribution is 2.41. The molecule has 2 nitrogen and oxygen atoms in total. The minimum absolute atomic E-state index is 0.0196. The quantitative estimate of drug-likeness (QED) is 0.653. The first-order valence-corrected chi connectivity index (χ1v) is 7.07. The van der Waals surface area contributed by atoms with Crippen LogP contribution in [0, 0.1) is 11.6 Å². The summed E-state index contributed by atoms with van der Waals surface area (Å²) >= 11 is 1.88. The first kappa shape index (κ1) is 13.8. The normalized spacial score (nSPS) is 25.3. The molecule has 1 heterocycles. The molecule has 1 aromatic carbocycles. The summed E-state index contributed by atoms with van der Waals surface area (Å²) in [5.74, 6) is 5.65. The molecule has 2 atom stereocenters. The molecule has 1 saturated heterocycles. The molecular weight excluding hydrogens is 254 g/mol. The number of nitrogens with one attached hydrogen (secondary N) is 1. The van der Waals surface area contributed by atoms with Gasteiger partial charge in [-0.05, 0) is 49.6 Å². The molecule has 1 aliphatic rings. The third-order valence-corrected chi connectivity index (χ3v) is 5.19. The molecule has 2 rings (SSSR count). The van der Waals surface area contributed by atoms with Crippen LogP contribution in [0.25, 0.3) is 0 Å². The Balaban J connectivity index is 2.14. The lowest BCUT2D eigenvalue weighted by Gasteiger charge is -2.33. The van der Waals surface area contributed by atoms with Crippen molar-refractivity contribution < 1.29 is 8.78 Å². The molecule has 1 aliphatic heterocycles. The Morgan fingerprint density at radius 1 is 1.39 bits per heavy atom. The van der Waals surface area contributed by atoms with Gasteiger partial charge in [0, 0.05) is 16.9 Å². The monoisotopic (exact) mass is 272 g/mol. The van der Waals surface area contributed by atoms with E-state index in [0.29, 0.717) is 12.0 Å². The first-order chi connectivity index (χ1) is 8.53. The molecule has 0 amide bonds. The van der Waals surface area contributed by atoms with Crippen molar-refractivity contribution in [1.82, 2.24) is 5.43 Å². The molecule has 3 N–H and O–H groups in total. The van der Waals surface area contributed by atoms with Crippen LogP contribution in [0.15, 0.2) is 18.2 Å². The maximum atomic E-state index is 13.2. The number of hydrogen-bond acceptors (Lipinski definition) is 3. The minimum atomic E-state index is -0.537. The van der Waals surface area contributed by atoms with Crippen LogP contribution in [-0.2, 0) is 6.42 Å². The van der Waals surface area contributed by atoms with Gasteiger partial charge in [0.2, 0.25) is 0 Å². The van der Waals surface area contributed by atoms with E-state index in [1.54, 1.807) is 0 Å². The van der Waals surface area contributed by atoms with Gasteiger partial charge < -0.3 is 0 Å². The number of thioether (sulfide) groups is 1. The Kier molecular flexibility index (Phi) is 4.25. The number of hydrogen-bond donors (Lipinski definition) is 2. The summed E-state index contributed by atoms with van der Waals surface area (Å²) in [4.78, 5) is 0. The number of hydrazine groups is 1. The second kappa shape index (κ2) is 5.55. The van der Waals surface area contributed by atoms with Gasteiger partial charge in [-0.1, -0.05) is 0 Å². The topological polar surface area (TPSA) is 38.0 Å². The SMILES string of the molecule is CC1(C(Cc2cc(F)cc(F)c2)NN)CCCS1. The van der Waals surface area contributed by atoms with Gasteiger partial charge in [0.25, 0.3) is 0 Å². The molecule has 0 bridgehead atoms. The minimum Gasteiger partial charge on any atom is -0.271 e. The fourth-order valence-electron chi connectivity index (χ4n) is 2.49. The Hall–Kier alpha value is -0.650. The highest BCUT2D eigenvalue weighted by atomic mass is 32.2. The number of nitrogens with two attached hydrogens (primary N) is 1. The van der Waals surface area contributed by atoms with Gasteiger partial charge in [0.1, 0.15) is 11.6 Å². The first-order valence-electron chi connectivity index (χ1n) is 6.08. The summed E-state index contributed by atoms with van der Waals surface area (Å²) in [7, 11) is 0. The van der Waals surface area contributed by atoms with Crippen molar-refractivity contribution in [2.75, 3.05) is 5.75 Å². The second-order valence-electron chi connectivity index (χ2n) is 4.97. The van der Waals surface area contributed by atoms with Crippen molar-refractivity contribution >= 4 is 11.8 Å². The van der Waals surface area contributed by atoms with E-state index in [9.17, 15) is 8.78 Å². The van der Waals surface area contributed by atoms with Crippen LogP contribution >= 0.6 is 11.8 Å². The van der Waals surface area contributed by atoms with E-state index in [2.05, 4.69) is 12.3 Å². The number of rotatable bonds is 4. The maximum Gasteiger partial charge on any atom is 0.126 e. The molecular formula is C13H18F2N2S. The van der Waals surface area contributed by atoms with E-state index in [1.807, 2.05) is 11.8 Å². The molecule has 2 unspecified atom stereocenters. The van der Waals surface area contributed by atoms with Gasteiger partial charge in [0.05, 0.1) is 0 Å². The lowest BCUT2D eigenvalue weighted by molar-refractivity contribution is 0.404. The predicted octanol–water partition coefficient (Wildman–Crippen LogP) is 2.62. The average Bonchev–Trinajstić information content (AvgIpc) is 2.72. The van der Waals surface area contributed by atoms with E-state index in [-0.39, 0.29) is 10.8 Å². The fraction of sp³-hybridized carbons (Fsp3) is 0.538. The zero-order valence-electron chi connectivity index (χ0n) is 10.4. The van der Waals surface area contributed by atoms with Crippen molar-refractivity contribution in [3.63, 3.8) is 0 Å². The van der Waals surface area contributed by atoms with Gasteiger partial charge in [-0.3, -0.25) is 11.3 Å². The van der Waals surface area contributed by atoms with Gasteiger partial charge >= 0.3 is 0 Å². The van der Waals surface area contributed by atoms with Gasteiger partial charge in [-0.25, -0.2) is 8.78 Å². The van der Waals surface area contributed by atoms with Crippen LogP contribution in [0.5, 0.6) is 0 Å². The predicted molar refractivity (Wildman–Crippen MR) is 71.3 cm³/mol. The van der Waals surface area contributed by atoms with E-state index >= 15 is 0 Å². The smallest absolute Gasteiger partial charge is 0.126 e. The second-order valence-corrected chi connectivity index (χ2v) is 6.60. The largest absolute Gasteiger partial charge is 0.271 e. The van der Waals surface area contributed by atoms with Crippen molar-refractivity contribution in [2.45, 2.75) is 37.0 Å². The summed E-state index contributed by atoms with van der Waals surface area (Å²) in [6.07, 6.45) is 2.77. The van der Waals surface area contributed by atoms with E-state index in [1.165, 1.54) is 12.1 Å². The van der Waals surface area contributed by atoms with Crippen molar-refractivity contribution in [3.8, 4) is 0 Å². The summed E-state index contributed by atoms with van der Waals surface area (Å²) in [6, 6.07) is 3.65. The molecule has 1 fully saturated rings. The summed E-state index contributed by atoms with van der Waals surface area (Å²) < 4.78 is 26.4. The lowest BCUT2D eigenvalue weighted by Crippen LogP contribution is -2.50. The van der Waals surface area contributed by atoms with Crippen LogP contribution in [0.1, 0.15) is 25.3 Å². The van der Waals surface area contributed by atoms with E-state index in [0.717, 1.165) is 24.7 Å². The summed E-state index contributed by atoms with van der Waals surface area (Å²) in [5, 5.41) is 0. The molecule has 0 spiro atoms. The number of halogens is 2. The Morgan fingerprint density at radius 2 is 2.06 bits per heavy atom. The van der Waals surface area contributed by atoms with Gasteiger partial charge in [0.15, 0.2) is 0 Å². The maximum absolute atomic E-state index is 13.2. The molecule has 0 aliphatic carbocycles. The van der Waals surface area contributed by atoms with Crippen LogP contribution in [-0.4, -0.2) is 16.5 Å². The molecule has 1 aromatic rings. The standard InChI is InChI=1S/C13H18F2N2S/c1-13(3-2-4-18-13)12(17-16)7-9-5-10(14)8-11(15)6-9/h5-6,8,12,17H,2-4,7,16H2,1H3. The third kappa shape index (κ3) is 3.02. The average molecular weight is 272 g/mol. The van der Waals surface area contributed by atoms with Crippen LogP contribution in [0.4, 0.5) is 8.78 Å². The van der Waals surface area contributed by atoms with Crippen LogP contribution in [0.2, 0.25) is 0 Å². The number of benzene rings is 1. The molecule has 0 aromatic heterocycles. The Labute approximate surface area is 110 Å². The Bertz CT molecular complexity index is 399.